The van der Waals surface area contributed by atoms with Crippen molar-refractivity contribution in [1.29, 1.82) is 0 Å². The standard InChI is InChI=1S/C19H16ClN3O2/c20-14-6-7-17-16(11-14)23(9-10-25-17)12-19(24)22-18-8-5-13-3-1-2-4-15(13)21-18/h1-8,11H,9-10,12H2,(H,21,22,24). The van der Waals surface area contributed by atoms with Gasteiger partial charge in [-0.15, -0.1) is 0 Å². The minimum Gasteiger partial charge on any atom is -0.490 e. The molecule has 5 nitrogen and oxygen atoms in total. The van der Waals surface area contributed by atoms with Crippen molar-refractivity contribution in [2.75, 3.05) is 29.9 Å². The van der Waals surface area contributed by atoms with Crippen molar-refractivity contribution in [3.8, 4) is 5.75 Å². The number of benzene rings is 2. The Labute approximate surface area is 150 Å². The molecule has 0 aliphatic carbocycles. The summed E-state index contributed by atoms with van der Waals surface area (Å²) in [5, 5.41) is 4.52. The summed E-state index contributed by atoms with van der Waals surface area (Å²) in [6.07, 6.45) is 0. The number of carbonyl (C=O) groups excluding carboxylic acids is 1. The number of hydrogen-bond donors (Lipinski definition) is 1. The molecule has 0 saturated heterocycles. The number of aromatic nitrogens is 1. The number of ether oxygens (including phenoxy) is 1. The lowest BCUT2D eigenvalue weighted by molar-refractivity contribution is -0.115. The number of para-hydroxylation sites is 1. The maximum atomic E-state index is 12.4. The minimum atomic E-state index is -0.129. The van der Waals surface area contributed by atoms with Gasteiger partial charge in [-0.3, -0.25) is 4.79 Å². The molecule has 1 N–H and O–H groups in total. The number of carbonyl (C=O) groups is 1. The van der Waals surface area contributed by atoms with E-state index < -0.39 is 0 Å². The average Bonchev–Trinajstić information content (AvgIpc) is 2.62. The van der Waals surface area contributed by atoms with E-state index in [1.54, 1.807) is 6.07 Å². The molecule has 126 valence electrons. The topological polar surface area (TPSA) is 54.5 Å². The minimum absolute atomic E-state index is 0.129. The lowest BCUT2D eigenvalue weighted by Crippen LogP contribution is -2.38. The first-order valence-electron chi connectivity index (χ1n) is 8.02. The summed E-state index contributed by atoms with van der Waals surface area (Å²) in [6.45, 7) is 1.38. The molecule has 0 radical (unpaired) electrons. The van der Waals surface area contributed by atoms with E-state index in [-0.39, 0.29) is 12.5 Å². The first kappa shape index (κ1) is 15.7. The number of amides is 1. The smallest absolute Gasteiger partial charge is 0.245 e. The molecule has 2 aromatic carbocycles. The number of nitrogens with one attached hydrogen (secondary N) is 1. The van der Waals surface area contributed by atoms with Crippen LogP contribution in [0.1, 0.15) is 0 Å². The molecule has 0 saturated carbocycles. The number of nitrogens with zero attached hydrogens (tertiary/aromatic N) is 2. The van der Waals surface area contributed by atoms with Gasteiger partial charge in [0.05, 0.1) is 24.3 Å². The second kappa shape index (κ2) is 6.61. The van der Waals surface area contributed by atoms with Crippen LogP contribution in [-0.4, -0.2) is 30.6 Å². The summed E-state index contributed by atoms with van der Waals surface area (Å²) in [7, 11) is 0. The lowest BCUT2D eigenvalue weighted by atomic mass is 10.2. The molecule has 25 heavy (non-hydrogen) atoms. The average molecular weight is 354 g/mol. The van der Waals surface area contributed by atoms with E-state index in [1.165, 1.54) is 0 Å². The third kappa shape index (κ3) is 3.37. The monoisotopic (exact) mass is 353 g/mol. The molecule has 2 heterocycles. The van der Waals surface area contributed by atoms with Gasteiger partial charge in [0, 0.05) is 10.4 Å². The van der Waals surface area contributed by atoms with Crippen LogP contribution < -0.4 is 15.0 Å². The molecule has 4 rings (SSSR count). The van der Waals surface area contributed by atoms with E-state index in [1.807, 2.05) is 53.4 Å². The Bertz CT molecular complexity index is 945. The first-order valence-corrected chi connectivity index (χ1v) is 8.40. The summed E-state index contributed by atoms with van der Waals surface area (Å²) in [5.74, 6) is 1.16. The van der Waals surface area contributed by atoms with E-state index in [0.29, 0.717) is 24.0 Å². The first-order chi connectivity index (χ1) is 12.2. The number of rotatable bonds is 3. The number of fused-ring (bicyclic) bond motifs is 2. The maximum absolute atomic E-state index is 12.4. The van der Waals surface area contributed by atoms with Gasteiger partial charge < -0.3 is 15.0 Å². The van der Waals surface area contributed by atoms with Gasteiger partial charge in [0.1, 0.15) is 18.2 Å². The molecule has 0 fully saturated rings. The van der Waals surface area contributed by atoms with Gasteiger partial charge in [-0.2, -0.15) is 0 Å². The summed E-state index contributed by atoms with van der Waals surface area (Å²) in [4.78, 5) is 18.9. The highest BCUT2D eigenvalue weighted by Gasteiger charge is 2.20. The van der Waals surface area contributed by atoms with Crippen molar-refractivity contribution >= 4 is 39.9 Å². The fraction of sp³-hybridized carbons (Fsp3) is 0.158. The SMILES string of the molecule is O=C(CN1CCOc2ccc(Cl)cc21)Nc1ccc2ccccc2n1. The lowest BCUT2D eigenvalue weighted by Gasteiger charge is -2.30. The number of pyridine rings is 1. The predicted octanol–water partition coefficient (Wildman–Crippen LogP) is 3.73. The number of hydrogen-bond acceptors (Lipinski definition) is 4. The highest BCUT2D eigenvalue weighted by Crippen LogP contribution is 2.33. The van der Waals surface area contributed by atoms with E-state index in [9.17, 15) is 4.79 Å². The van der Waals surface area contributed by atoms with Crippen molar-refractivity contribution in [3.63, 3.8) is 0 Å². The third-order valence-electron chi connectivity index (χ3n) is 4.08. The van der Waals surface area contributed by atoms with Crippen molar-refractivity contribution in [3.05, 3.63) is 59.6 Å². The van der Waals surface area contributed by atoms with Gasteiger partial charge in [-0.25, -0.2) is 4.98 Å². The molecule has 0 atom stereocenters. The fourth-order valence-corrected chi connectivity index (χ4v) is 3.07. The number of halogens is 1. The van der Waals surface area contributed by atoms with Gasteiger partial charge >= 0.3 is 0 Å². The van der Waals surface area contributed by atoms with Crippen molar-refractivity contribution < 1.29 is 9.53 Å². The summed E-state index contributed by atoms with van der Waals surface area (Å²) >= 11 is 6.07. The highest BCUT2D eigenvalue weighted by molar-refractivity contribution is 6.31. The largest absolute Gasteiger partial charge is 0.490 e. The van der Waals surface area contributed by atoms with Crippen LogP contribution >= 0.6 is 11.6 Å². The van der Waals surface area contributed by atoms with E-state index in [0.717, 1.165) is 22.3 Å². The molecule has 0 bridgehead atoms. The van der Waals surface area contributed by atoms with Crippen LogP contribution in [0, 0.1) is 0 Å². The normalized spacial score (nSPS) is 13.2. The van der Waals surface area contributed by atoms with Gasteiger partial charge in [0.25, 0.3) is 0 Å². The Hall–Kier alpha value is -2.79. The van der Waals surface area contributed by atoms with Crippen molar-refractivity contribution in [2.24, 2.45) is 0 Å². The quantitative estimate of drug-likeness (QED) is 0.779. The second-order valence-corrected chi connectivity index (χ2v) is 6.26. The Kier molecular flexibility index (Phi) is 4.15. The Morgan fingerprint density at radius 1 is 1.20 bits per heavy atom. The molecule has 0 unspecified atom stereocenters. The van der Waals surface area contributed by atoms with Gasteiger partial charge in [-0.05, 0) is 36.4 Å². The molecule has 1 aromatic heterocycles. The predicted molar refractivity (Wildman–Crippen MR) is 99.5 cm³/mol. The molecular weight excluding hydrogens is 338 g/mol. The van der Waals surface area contributed by atoms with Gasteiger partial charge in [0.2, 0.25) is 5.91 Å². The van der Waals surface area contributed by atoms with Crippen LogP contribution in [0.2, 0.25) is 5.02 Å². The molecule has 1 aliphatic heterocycles. The molecular formula is C19H16ClN3O2. The number of anilines is 2. The Morgan fingerprint density at radius 2 is 2.08 bits per heavy atom. The third-order valence-corrected chi connectivity index (χ3v) is 4.32. The Balaban J connectivity index is 1.50. The second-order valence-electron chi connectivity index (χ2n) is 5.82. The Morgan fingerprint density at radius 3 is 3.00 bits per heavy atom. The van der Waals surface area contributed by atoms with Crippen LogP contribution in [0.25, 0.3) is 10.9 Å². The molecule has 1 aliphatic rings. The molecule has 0 spiro atoms. The van der Waals surface area contributed by atoms with Crippen LogP contribution in [-0.2, 0) is 4.79 Å². The van der Waals surface area contributed by atoms with Crippen LogP contribution in [0.3, 0.4) is 0 Å². The highest BCUT2D eigenvalue weighted by atomic mass is 35.5. The summed E-state index contributed by atoms with van der Waals surface area (Å²) in [5.41, 5.74) is 1.68. The molecule has 3 aromatic rings. The maximum Gasteiger partial charge on any atom is 0.245 e. The van der Waals surface area contributed by atoms with Crippen LogP contribution in [0.5, 0.6) is 5.75 Å². The summed E-state index contributed by atoms with van der Waals surface area (Å²) in [6, 6.07) is 17.0. The van der Waals surface area contributed by atoms with Crippen molar-refractivity contribution in [2.45, 2.75) is 0 Å². The molecule has 6 heteroatoms. The van der Waals surface area contributed by atoms with Gasteiger partial charge in [0.15, 0.2) is 0 Å². The van der Waals surface area contributed by atoms with E-state index >= 15 is 0 Å². The zero-order chi connectivity index (χ0) is 17.2. The van der Waals surface area contributed by atoms with Crippen LogP contribution in [0.4, 0.5) is 11.5 Å². The zero-order valence-electron chi connectivity index (χ0n) is 13.4. The van der Waals surface area contributed by atoms with E-state index in [2.05, 4.69) is 10.3 Å². The van der Waals surface area contributed by atoms with Crippen molar-refractivity contribution in [1.82, 2.24) is 4.98 Å². The van der Waals surface area contributed by atoms with Crippen LogP contribution in [0.15, 0.2) is 54.6 Å². The summed E-state index contributed by atoms with van der Waals surface area (Å²) < 4.78 is 5.61. The van der Waals surface area contributed by atoms with Gasteiger partial charge in [-0.1, -0.05) is 29.8 Å². The fourth-order valence-electron chi connectivity index (χ4n) is 2.90. The van der Waals surface area contributed by atoms with E-state index in [4.69, 9.17) is 16.3 Å². The zero-order valence-corrected chi connectivity index (χ0v) is 14.2. The molecule has 1 amide bonds.